The Hall–Kier alpha value is -0.570. The second-order valence-electron chi connectivity index (χ2n) is 4.89. The molecule has 1 fully saturated rings. The minimum atomic E-state index is -0.159. The van der Waals surface area contributed by atoms with E-state index in [4.69, 9.17) is 4.74 Å². The number of esters is 1. The Labute approximate surface area is 86.2 Å². The van der Waals surface area contributed by atoms with E-state index in [9.17, 15) is 4.79 Å². The standard InChI is InChI=1S/C11H21NO2/c1-8(2)14-10(13)7-12-11(3,4)9-5-6-9/h8-9,12H,5-7H2,1-4H3. The van der Waals surface area contributed by atoms with Crippen LogP contribution in [0.2, 0.25) is 0 Å². The van der Waals surface area contributed by atoms with E-state index in [1.807, 2.05) is 13.8 Å². The van der Waals surface area contributed by atoms with Crippen LogP contribution < -0.4 is 5.32 Å². The third-order valence-corrected chi connectivity index (χ3v) is 2.65. The summed E-state index contributed by atoms with van der Waals surface area (Å²) in [5, 5.41) is 3.25. The number of rotatable bonds is 5. The second-order valence-corrected chi connectivity index (χ2v) is 4.89. The van der Waals surface area contributed by atoms with Gasteiger partial charge in [-0.05, 0) is 46.5 Å². The van der Waals surface area contributed by atoms with Gasteiger partial charge in [-0.1, -0.05) is 0 Å². The van der Waals surface area contributed by atoms with Crippen LogP contribution in [0.4, 0.5) is 0 Å². The summed E-state index contributed by atoms with van der Waals surface area (Å²) in [4.78, 5) is 11.3. The summed E-state index contributed by atoms with van der Waals surface area (Å²) in [7, 11) is 0. The van der Waals surface area contributed by atoms with Crippen molar-refractivity contribution in [3.63, 3.8) is 0 Å². The normalized spacial score (nSPS) is 17.2. The second kappa shape index (κ2) is 4.30. The lowest BCUT2D eigenvalue weighted by atomic mass is 9.99. The molecule has 0 heterocycles. The number of hydrogen-bond acceptors (Lipinski definition) is 3. The van der Waals surface area contributed by atoms with E-state index in [1.165, 1.54) is 12.8 Å². The zero-order valence-electron chi connectivity index (χ0n) is 9.59. The monoisotopic (exact) mass is 199 g/mol. The molecule has 0 atom stereocenters. The molecule has 14 heavy (non-hydrogen) atoms. The Morgan fingerprint density at radius 3 is 2.50 bits per heavy atom. The van der Waals surface area contributed by atoms with Gasteiger partial charge in [-0.25, -0.2) is 0 Å². The van der Waals surface area contributed by atoms with Crippen molar-refractivity contribution in [2.45, 2.75) is 52.2 Å². The van der Waals surface area contributed by atoms with Gasteiger partial charge in [-0.3, -0.25) is 4.79 Å². The van der Waals surface area contributed by atoms with Gasteiger partial charge in [0.05, 0.1) is 12.6 Å². The van der Waals surface area contributed by atoms with Gasteiger partial charge < -0.3 is 10.1 Å². The van der Waals surface area contributed by atoms with Crippen LogP contribution in [0.1, 0.15) is 40.5 Å². The Morgan fingerprint density at radius 2 is 2.07 bits per heavy atom. The van der Waals surface area contributed by atoms with Crippen LogP contribution >= 0.6 is 0 Å². The summed E-state index contributed by atoms with van der Waals surface area (Å²) in [6.07, 6.45) is 2.53. The van der Waals surface area contributed by atoms with Crippen LogP contribution in [0.5, 0.6) is 0 Å². The van der Waals surface area contributed by atoms with Gasteiger partial charge in [0.1, 0.15) is 0 Å². The van der Waals surface area contributed by atoms with Crippen LogP contribution in [-0.2, 0) is 9.53 Å². The zero-order valence-corrected chi connectivity index (χ0v) is 9.59. The first-order chi connectivity index (χ1) is 6.42. The summed E-state index contributed by atoms with van der Waals surface area (Å²) in [5.41, 5.74) is 0.0794. The smallest absolute Gasteiger partial charge is 0.320 e. The van der Waals surface area contributed by atoms with Crippen LogP contribution in [0.25, 0.3) is 0 Å². The fraction of sp³-hybridized carbons (Fsp3) is 0.909. The molecule has 0 amide bonds. The van der Waals surface area contributed by atoms with E-state index in [0.717, 1.165) is 5.92 Å². The number of carbonyl (C=O) groups is 1. The average molecular weight is 199 g/mol. The van der Waals surface area contributed by atoms with E-state index < -0.39 is 0 Å². The van der Waals surface area contributed by atoms with E-state index in [0.29, 0.717) is 6.54 Å². The van der Waals surface area contributed by atoms with Crippen LogP contribution in [0, 0.1) is 5.92 Å². The molecule has 0 aliphatic heterocycles. The van der Waals surface area contributed by atoms with E-state index in [2.05, 4.69) is 19.2 Å². The molecule has 3 nitrogen and oxygen atoms in total. The molecule has 0 bridgehead atoms. The molecular formula is C11H21NO2. The first kappa shape index (κ1) is 11.5. The molecule has 1 N–H and O–H groups in total. The summed E-state index contributed by atoms with van der Waals surface area (Å²) < 4.78 is 5.04. The minimum absolute atomic E-state index is 0.0201. The topological polar surface area (TPSA) is 38.3 Å². The van der Waals surface area contributed by atoms with Gasteiger partial charge in [0.25, 0.3) is 0 Å². The highest BCUT2D eigenvalue weighted by molar-refractivity contribution is 5.71. The van der Waals surface area contributed by atoms with Crippen LogP contribution in [0.3, 0.4) is 0 Å². The van der Waals surface area contributed by atoms with Crippen LogP contribution in [0.15, 0.2) is 0 Å². The number of ether oxygens (including phenoxy) is 1. The van der Waals surface area contributed by atoms with Crippen molar-refractivity contribution < 1.29 is 9.53 Å². The van der Waals surface area contributed by atoms with Gasteiger partial charge in [0.15, 0.2) is 0 Å². The van der Waals surface area contributed by atoms with Crippen molar-refractivity contribution in [2.24, 2.45) is 5.92 Å². The number of carbonyl (C=O) groups excluding carboxylic acids is 1. The van der Waals surface area contributed by atoms with E-state index in [1.54, 1.807) is 0 Å². The van der Waals surface area contributed by atoms with E-state index >= 15 is 0 Å². The highest BCUT2D eigenvalue weighted by Gasteiger charge is 2.37. The summed E-state index contributed by atoms with van der Waals surface area (Å²) in [6.45, 7) is 8.34. The molecule has 0 aromatic rings. The highest BCUT2D eigenvalue weighted by Crippen LogP contribution is 2.38. The van der Waals surface area contributed by atoms with Gasteiger partial charge in [0.2, 0.25) is 0 Å². The summed E-state index contributed by atoms with van der Waals surface area (Å²) >= 11 is 0. The lowest BCUT2D eigenvalue weighted by Gasteiger charge is -2.25. The first-order valence-corrected chi connectivity index (χ1v) is 5.36. The zero-order chi connectivity index (χ0) is 10.8. The Balaban J connectivity index is 2.21. The Morgan fingerprint density at radius 1 is 1.50 bits per heavy atom. The van der Waals surface area contributed by atoms with Crippen molar-refractivity contribution in [1.29, 1.82) is 0 Å². The largest absolute Gasteiger partial charge is 0.462 e. The molecule has 1 rings (SSSR count). The van der Waals surface area contributed by atoms with Gasteiger partial charge in [-0.2, -0.15) is 0 Å². The van der Waals surface area contributed by atoms with Crippen molar-refractivity contribution in [3.05, 3.63) is 0 Å². The summed E-state index contributed by atoms with van der Waals surface area (Å²) in [6, 6.07) is 0. The van der Waals surface area contributed by atoms with Gasteiger partial charge in [0, 0.05) is 5.54 Å². The molecule has 0 aromatic heterocycles. The fourth-order valence-corrected chi connectivity index (χ4v) is 1.55. The summed E-state index contributed by atoms with van der Waals surface area (Å²) in [5.74, 6) is 0.572. The number of hydrogen-bond donors (Lipinski definition) is 1. The van der Waals surface area contributed by atoms with Gasteiger partial charge in [-0.15, -0.1) is 0 Å². The highest BCUT2D eigenvalue weighted by atomic mass is 16.5. The van der Waals surface area contributed by atoms with E-state index in [-0.39, 0.29) is 17.6 Å². The maximum Gasteiger partial charge on any atom is 0.320 e. The lowest BCUT2D eigenvalue weighted by Crippen LogP contribution is -2.44. The molecule has 0 aromatic carbocycles. The molecule has 0 radical (unpaired) electrons. The molecule has 0 saturated heterocycles. The maximum absolute atomic E-state index is 11.3. The molecule has 0 spiro atoms. The van der Waals surface area contributed by atoms with Crippen molar-refractivity contribution in [3.8, 4) is 0 Å². The first-order valence-electron chi connectivity index (χ1n) is 5.36. The number of nitrogens with one attached hydrogen (secondary N) is 1. The molecule has 1 saturated carbocycles. The van der Waals surface area contributed by atoms with Crippen molar-refractivity contribution in [2.75, 3.05) is 6.54 Å². The molecule has 3 heteroatoms. The minimum Gasteiger partial charge on any atom is -0.462 e. The average Bonchev–Trinajstić information content (AvgIpc) is 2.81. The molecular weight excluding hydrogens is 178 g/mol. The van der Waals surface area contributed by atoms with Crippen molar-refractivity contribution in [1.82, 2.24) is 5.32 Å². The predicted molar refractivity (Wildman–Crippen MR) is 56.0 cm³/mol. The third kappa shape index (κ3) is 3.66. The van der Waals surface area contributed by atoms with Crippen LogP contribution in [-0.4, -0.2) is 24.2 Å². The Kier molecular flexibility index (Phi) is 3.53. The maximum atomic E-state index is 11.3. The fourth-order valence-electron chi connectivity index (χ4n) is 1.55. The molecule has 0 unspecified atom stereocenters. The quantitative estimate of drug-likeness (QED) is 0.685. The third-order valence-electron chi connectivity index (χ3n) is 2.65. The molecule has 1 aliphatic carbocycles. The Bertz CT molecular complexity index is 207. The van der Waals surface area contributed by atoms with Gasteiger partial charge >= 0.3 is 5.97 Å². The SMILES string of the molecule is CC(C)OC(=O)CNC(C)(C)C1CC1. The predicted octanol–water partition coefficient (Wildman–Crippen LogP) is 1.72. The molecule has 82 valence electrons. The lowest BCUT2D eigenvalue weighted by molar-refractivity contribution is -0.146. The molecule has 1 aliphatic rings. The van der Waals surface area contributed by atoms with Crippen molar-refractivity contribution >= 4 is 5.97 Å².